The van der Waals surface area contributed by atoms with E-state index in [1.165, 1.54) is 32.1 Å². The summed E-state index contributed by atoms with van der Waals surface area (Å²) in [7, 11) is 0. The Morgan fingerprint density at radius 1 is 1.29 bits per heavy atom. The molecule has 0 aliphatic heterocycles. The van der Waals surface area contributed by atoms with E-state index in [2.05, 4.69) is 12.2 Å². The van der Waals surface area contributed by atoms with Gasteiger partial charge in [-0.15, -0.1) is 0 Å². The summed E-state index contributed by atoms with van der Waals surface area (Å²) < 4.78 is 13.8. The minimum Gasteiger partial charge on any atom is -0.379 e. The lowest BCUT2D eigenvalue weighted by molar-refractivity contribution is 0.316. The topological polar surface area (TPSA) is 12.0 Å². The van der Waals surface area contributed by atoms with E-state index in [4.69, 9.17) is 0 Å². The molecule has 1 aromatic carbocycles. The van der Waals surface area contributed by atoms with Crippen LogP contribution < -0.4 is 5.32 Å². The number of anilines is 1. The van der Waals surface area contributed by atoms with Gasteiger partial charge in [0.25, 0.3) is 0 Å². The number of aryl methyl sites for hydroxylation is 1. The highest BCUT2D eigenvalue weighted by Gasteiger charge is 2.24. The van der Waals surface area contributed by atoms with Crippen molar-refractivity contribution < 1.29 is 4.39 Å². The van der Waals surface area contributed by atoms with Gasteiger partial charge in [-0.2, -0.15) is 0 Å². The van der Waals surface area contributed by atoms with Crippen LogP contribution in [0.2, 0.25) is 0 Å². The average Bonchev–Trinajstić information content (AvgIpc) is 2.34. The third kappa shape index (κ3) is 2.80. The summed E-state index contributed by atoms with van der Waals surface area (Å²) in [5.41, 5.74) is 1.71. The van der Waals surface area contributed by atoms with Crippen LogP contribution in [0.15, 0.2) is 18.2 Å². The fourth-order valence-corrected chi connectivity index (χ4v) is 2.89. The molecule has 1 N–H and O–H groups in total. The largest absolute Gasteiger partial charge is 0.379 e. The van der Waals surface area contributed by atoms with Gasteiger partial charge >= 0.3 is 0 Å². The van der Waals surface area contributed by atoms with Gasteiger partial charge in [0, 0.05) is 6.04 Å². The molecule has 0 saturated heterocycles. The van der Waals surface area contributed by atoms with Crippen LogP contribution in [0.4, 0.5) is 10.1 Å². The number of rotatable bonds is 3. The predicted octanol–water partition coefficient (Wildman–Crippen LogP) is 4.51. The molecule has 1 aromatic rings. The highest BCUT2D eigenvalue weighted by molar-refractivity contribution is 5.52. The van der Waals surface area contributed by atoms with Gasteiger partial charge in [-0.25, -0.2) is 4.39 Å². The van der Waals surface area contributed by atoms with E-state index in [1.807, 2.05) is 13.0 Å². The fraction of sp³-hybridized carbons (Fsp3) is 0.600. The van der Waals surface area contributed by atoms with Gasteiger partial charge in [-0.1, -0.05) is 38.3 Å². The maximum Gasteiger partial charge on any atom is 0.146 e. The van der Waals surface area contributed by atoms with Gasteiger partial charge in [-0.3, -0.25) is 0 Å². The molecule has 94 valence electrons. The quantitative estimate of drug-likeness (QED) is 0.812. The molecule has 0 radical (unpaired) electrons. The zero-order valence-corrected chi connectivity index (χ0v) is 10.8. The Hall–Kier alpha value is -1.05. The molecule has 0 amide bonds. The zero-order chi connectivity index (χ0) is 12.3. The van der Waals surface area contributed by atoms with Crippen LogP contribution in [-0.4, -0.2) is 6.04 Å². The molecule has 2 heteroatoms. The average molecular weight is 235 g/mol. The molecule has 1 fully saturated rings. The summed E-state index contributed by atoms with van der Waals surface area (Å²) in [6.07, 6.45) is 6.23. The highest BCUT2D eigenvalue weighted by atomic mass is 19.1. The number of benzene rings is 1. The van der Waals surface area contributed by atoms with Crippen molar-refractivity contribution in [3.05, 3.63) is 29.6 Å². The molecule has 1 saturated carbocycles. The first-order valence-electron chi connectivity index (χ1n) is 6.74. The predicted molar refractivity (Wildman–Crippen MR) is 70.8 cm³/mol. The van der Waals surface area contributed by atoms with Crippen LogP contribution in [0.5, 0.6) is 0 Å². The van der Waals surface area contributed by atoms with Gasteiger partial charge in [0.1, 0.15) is 5.82 Å². The molecule has 1 nitrogen and oxygen atoms in total. The minimum atomic E-state index is -0.120. The maximum atomic E-state index is 13.8. The van der Waals surface area contributed by atoms with E-state index in [-0.39, 0.29) is 5.82 Å². The number of hydrogen-bond donors (Lipinski definition) is 1. The third-order valence-corrected chi connectivity index (χ3v) is 3.99. The molecule has 2 rings (SSSR count). The van der Waals surface area contributed by atoms with Crippen molar-refractivity contribution in [2.24, 2.45) is 5.92 Å². The Kier molecular flexibility index (Phi) is 4.03. The first-order chi connectivity index (χ1) is 8.22. The number of halogens is 1. The van der Waals surface area contributed by atoms with Crippen molar-refractivity contribution in [2.45, 2.75) is 52.0 Å². The summed E-state index contributed by atoms with van der Waals surface area (Å²) in [5, 5.41) is 3.44. The van der Waals surface area contributed by atoms with Crippen LogP contribution in [0, 0.1) is 18.7 Å². The third-order valence-electron chi connectivity index (χ3n) is 3.99. The number of nitrogens with one attached hydrogen (secondary N) is 1. The number of hydrogen-bond acceptors (Lipinski definition) is 1. The Balaban J connectivity index is 2.13. The fourth-order valence-electron chi connectivity index (χ4n) is 2.89. The van der Waals surface area contributed by atoms with E-state index < -0.39 is 0 Å². The molecular formula is C15H22FN. The normalized spacial score (nSPS) is 24.6. The van der Waals surface area contributed by atoms with Gasteiger partial charge in [-0.05, 0) is 37.3 Å². The van der Waals surface area contributed by atoms with E-state index >= 15 is 0 Å². The van der Waals surface area contributed by atoms with E-state index in [0.717, 1.165) is 5.56 Å². The summed E-state index contributed by atoms with van der Waals surface area (Å²) in [5.74, 6) is 0.577. The molecule has 0 spiro atoms. The monoisotopic (exact) mass is 235 g/mol. The van der Waals surface area contributed by atoms with Crippen LogP contribution in [0.25, 0.3) is 0 Å². The van der Waals surface area contributed by atoms with Gasteiger partial charge in [0.2, 0.25) is 0 Å². The van der Waals surface area contributed by atoms with Gasteiger partial charge < -0.3 is 5.32 Å². The standard InChI is InChI=1S/C15H22FN/c1-3-12-8-4-5-10-14(12)17-15-11(2)7-6-9-13(15)16/h6-7,9,12,14,17H,3-5,8,10H2,1-2H3. The zero-order valence-electron chi connectivity index (χ0n) is 10.8. The van der Waals surface area contributed by atoms with Gasteiger partial charge in [0.05, 0.1) is 5.69 Å². The molecule has 17 heavy (non-hydrogen) atoms. The Morgan fingerprint density at radius 2 is 2.06 bits per heavy atom. The van der Waals surface area contributed by atoms with Crippen molar-refractivity contribution in [2.75, 3.05) is 5.32 Å². The van der Waals surface area contributed by atoms with E-state index in [1.54, 1.807) is 12.1 Å². The molecule has 1 aliphatic carbocycles. The van der Waals surface area contributed by atoms with Crippen molar-refractivity contribution in [3.63, 3.8) is 0 Å². The number of para-hydroxylation sites is 1. The SMILES string of the molecule is CCC1CCCCC1Nc1c(C)cccc1F. The summed E-state index contributed by atoms with van der Waals surface area (Å²) in [6.45, 7) is 4.20. The molecule has 0 bridgehead atoms. The molecule has 0 aromatic heterocycles. The summed E-state index contributed by atoms with van der Waals surface area (Å²) in [4.78, 5) is 0. The van der Waals surface area contributed by atoms with Crippen molar-refractivity contribution in [1.29, 1.82) is 0 Å². The lowest BCUT2D eigenvalue weighted by Gasteiger charge is -2.32. The molecule has 1 aliphatic rings. The van der Waals surface area contributed by atoms with E-state index in [9.17, 15) is 4.39 Å². The molecular weight excluding hydrogens is 213 g/mol. The smallest absolute Gasteiger partial charge is 0.146 e. The first kappa shape index (κ1) is 12.4. The van der Waals surface area contributed by atoms with Gasteiger partial charge in [0.15, 0.2) is 0 Å². The second kappa shape index (κ2) is 5.52. The highest BCUT2D eigenvalue weighted by Crippen LogP contribution is 2.31. The second-order valence-electron chi connectivity index (χ2n) is 5.14. The first-order valence-corrected chi connectivity index (χ1v) is 6.74. The molecule has 2 atom stereocenters. The Labute approximate surface area is 103 Å². The molecule has 2 unspecified atom stereocenters. The van der Waals surface area contributed by atoms with Crippen LogP contribution in [0.3, 0.4) is 0 Å². The Bertz CT molecular complexity index is 355. The molecule has 0 heterocycles. The summed E-state index contributed by atoms with van der Waals surface area (Å²) in [6, 6.07) is 5.73. The van der Waals surface area contributed by atoms with Crippen LogP contribution in [0.1, 0.15) is 44.6 Å². The lowest BCUT2D eigenvalue weighted by atomic mass is 9.82. The maximum absolute atomic E-state index is 13.8. The lowest BCUT2D eigenvalue weighted by Crippen LogP contribution is -2.32. The minimum absolute atomic E-state index is 0.120. The summed E-state index contributed by atoms with van der Waals surface area (Å²) >= 11 is 0. The second-order valence-corrected chi connectivity index (χ2v) is 5.14. The Morgan fingerprint density at radius 3 is 2.76 bits per heavy atom. The van der Waals surface area contributed by atoms with Crippen molar-refractivity contribution >= 4 is 5.69 Å². The van der Waals surface area contributed by atoms with Crippen LogP contribution >= 0.6 is 0 Å². The van der Waals surface area contributed by atoms with Crippen LogP contribution in [-0.2, 0) is 0 Å². The van der Waals surface area contributed by atoms with Crippen molar-refractivity contribution in [3.8, 4) is 0 Å². The van der Waals surface area contributed by atoms with Crippen molar-refractivity contribution in [1.82, 2.24) is 0 Å². The van der Waals surface area contributed by atoms with E-state index in [0.29, 0.717) is 17.6 Å².